The standard InChI is InChI=1S/C22H24N2O2/c1-26-22(25)18-8-6-16(7-9-18)15-24-12-10-17(11-13-24)21-14-19-4-2-3-5-20(19)23-21/h2-9,14,17,23H,10-13,15H2,1H3. The highest BCUT2D eigenvalue weighted by Crippen LogP contribution is 2.30. The highest BCUT2D eigenvalue weighted by atomic mass is 16.5. The lowest BCUT2D eigenvalue weighted by molar-refractivity contribution is 0.0600. The van der Waals surface area contributed by atoms with Crippen LogP contribution in [0.3, 0.4) is 0 Å². The topological polar surface area (TPSA) is 45.3 Å². The predicted molar refractivity (Wildman–Crippen MR) is 103 cm³/mol. The number of aromatic nitrogens is 1. The van der Waals surface area contributed by atoms with Gasteiger partial charge in [-0.25, -0.2) is 4.79 Å². The summed E-state index contributed by atoms with van der Waals surface area (Å²) >= 11 is 0. The van der Waals surface area contributed by atoms with Crippen molar-refractivity contribution in [3.05, 3.63) is 71.4 Å². The van der Waals surface area contributed by atoms with Crippen molar-refractivity contribution in [3.63, 3.8) is 0 Å². The minimum Gasteiger partial charge on any atom is -0.465 e. The van der Waals surface area contributed by atoms with Crippen LogP contribution in [-0.4, -0.2) is 36.1 Å². The van der Waals surface area contributed by atoms with Crippen LogP contribution in [-0.2, 0) is 11.3 Å². The molecule has 0 radical (unpaired) electrons. The zero-order chi connectivity index (χ0) is 17.9. The van der Waals surface area contributed by atoms with E-state index in [-0.39, 0.29) is 5.97 Å². The van der Waals surface area contributed by atoms with Gasteiger partial charge in [-0.3, -0.25) is 4.90 Å². The van der Waals surface area contributed by atoms with Crippen molar-refractivity contribution in [2.45, 2.75) is 25.3 Å². The maximum atomic E-state index is 11.5. The van der Waals surface area contributed by atoms with E-state index in [1.165, 1.54) is 42.1 Å². The highest BCUT2D eigenvalue weighted by molar-refractivity contribution is 5.89. The number of rotatable bonds is 4. The largest absolute Gasteiger partial charge is 0.465 e. The number of methoxy groups -OCH3 is 1. The second-order valence-corrected chi connectivity index (χ2v) is 7.05. The van der Waals surface area contributed by atoms with Gasteiger partial charge in [0.05, 0.1) is 12.7 Å². The summed E-state index contributed by atoms with van der Waals surface area (Å²) in [5.41, 5.74) is 4.44. The molecule has 1 saturated heterocycles. The smallest absolute Gasteiger partial charge is 0.337 e. The van der Waals surface area contributed by atoms with Gasteiger partial charge in [0.25, 0.3) is 0 Å². The second kappa shape index (κ2) is 7.34. The first-order valence-electron chi connectivity index (χ1n) is 9.20. The zero-order valence-electron chi connectivity index (χ0n) is 15.1. The molecule has 3 aromatic rings. The Balaban J connectivity index is 1.35. The van der Waals surface area contributed by atoms with Crippen molar-refractivity contribution in [2.75, 3.05) is 20.2 Å². The van der Waals surface area contributed by atoms with E-state index in [0.29, 0.717) is 11.5 Å². The summed E-state index contributed by atoms with van der Waals surface area (Å²) in [5, 5.41) is 1.30. The number of nitrogens with one attached hydrogen (secondary N) is 1. The normalized spacial score (nSPS) is 16.0. The maximum Gasteiger partial charge on any atom is 0.337 e. The van der Waals surface area contributed by atoms with Crippen LogP contribution in [0.25, 0.3) is 10.9 Å². The third-order valence-corrected chi connectivity index (χ3v) is 5.36. The zero-order valence-corrected chi connectivity index (χ0v) is 15.1. The molecule has 0 atom stereocenters. The van der Waals surface area contributed by atoms with Crippen molar-refractivity contribution in [1.29, 1.82) is 0 Å². The Kier molecular flexibility index (Phi) is 4.76. The predicted octanol–water partition coefficient (Wildman–Crippen LogP) is 4.33. The molecule has 1 aromatic heterocycles. The van der Waals surface area contributed by atoms with Gasteiger partial charge in [-0.1, -0.05) is 30.3 Å². The fourth-order valence-electron chi connectivity index (χ4n) is 3.84. The van der Waals surface area contributed by atoms with Gasteiger partial charge in [-0.15, -0.1) is 0 Å². The third-order valence-electron chi connectivity index (χ3n) is 5.36. The van der Waals surface area contributed by atoms with Gasteiger partial charge in [0.15, 0.2) is 0 Å². The molecular weight excluding hydrogens is 324 g/mol. The van der Waals surface area contributed by atoms with Crippen LogP contribution in [0.1, 0.15) is 40.4 Å². The van der Waals surface area contributed by atoms with Crippen molar-refractivity contribution in [3.8, 4) is 0 Å². The van der Waals surface area contributed by atoms with E-state index in [1.54, 1.807) is 0 Å². The number of ether oxygens (including phenoxy) is 1. The molecule has 0 amide bonds. The Labute approximate surface area is 153 Å². The Bertz CT molecular complexity index is 857. The SMILES string of the molecule is COC(=O)c1ccc(CN2CCC(c3cc4ccccc4[nH]3)CC2)cc1. The lowest BCUT2D eigenvalue weighted by Gasteiger charge is -2.31. The fraction of sp³-hybridized carbons (Fsp3) is 0.318. The first-order valence-corrected chi connectivity index (χ1v) is 9.20. The average Bonchev–Trinajstić information content (AvgIpc) is 3.13. The van der Waals surface area contributed by atoms with Crippen molar-refractivity contribution >= 4 is 16.9 Å². The van der Waals surface area contributed by atoms with Crippen molar-refractivity contribution in [2.24, 2.45) is 0 Å². The molecule has 1 N–H and O–H groups in total. The summed E-state index contributed by atoms with van der Waals surface area (Å²) in [5.74, 6) is 0.330. The van der Waals surface area contributed by atoms with Crippen molar-refractivity contribution < 1.29 is 9.53 Å². The second-order valence-electron chi connectivity index (χ2n) is 7.05. The van der Waals surface area contributed by atoms with Gasteiger partial charge in [-0.05, 0) is 61.1 Å². The summed E-state index contributed by atoms with van der Waals surface area (Å²) < 4.78 is 4.75. The van der Waals surface area contributed by atoms with E-state index in [1.807, 2.05) is 24.3 Å². The van der Waals surface area contributed by atoms with Crippen molar-refractivity contribution in [1.82, 2.24) is 9.88 Å². The molecule has 0 aliphatic carbocycles. The van der Waals surface area contributed by atoms with Crippen LogP contribution in [0.4, 0.5) is 0 Å². The number of carbonyl (C=O) groups excluding carboxylic acids is 1. The molecule has 26 heavy (non-hydrogen) atoms. The first-order chi connectivity index (χ1) is 12.7. The van der Waals surface area contributed by atoms with Gasteiger partial charge >= 0.3 is 5.97 Å². The molecule has 0 unspecified atom stereocenters. The molecule has 4 rings (SSSR count). The number of carbonyl (C=O) groups is 1. The summed E-state index contributed by atoms with van der Waals surface area (Å²) in [7, 11) is 1.41. The van der Waals surface area contributed by atoms with Crippen LogP contribution in [0, 0.1) is 0 Å². The number of aromatic amines is 1. The molecule has 134 valence electrons. The number of benzene rings is 2. The molecule has 1 aliphatic rings. The molecule has 4 heteroatoms. The van der Waals surface area contributed by atoms with E-state index in [4.69, 9.17) is 4.74 Å². The number of esters is 1. The van der Waals surface area contributed by atoms with Gasteiger partial charge in [0.1, 0.15) is 0 Å². The van der Waals surface area contributed by atoms with Crippen LogP contribution < -0.4 is 0 Å². The average molecular weight is 348 g/mol. The number of nitrogens with zero attached hydrogens (tertiary/aromatic N) is 1. The lowest BCUT2D eigenvalue weighted by atomic mass is 9.93. The Morgan fingerprint density at radius 3 is 2.54 bits per heavy atom. The van der Waals surface area contributed by atoms with Gasteiger partial charge in [-0.2, -0.15) is 0 Å². The number of likely N-dealkylation sites (tertiary alicyclic amines) is 1. The summed E-state index contributed by atoms with van der Waals surface area (Å²) in [6, 6.07) is 18.5. The minimum atomic E-state index is -0.282. The van der Waals surface area contributed by atoms with E-state index in [0.717, 1.165) is 19.6 Å². The van der Waals surface area contributed by atoms with E-state index >= 15 is 0 Å². The van der Waals surface area contributed by atoms with Crippen LogP contribution in [0.5, 0.6) is 0 Å². The molecule has 1 fully saturated rings. The van der Waals surface area contributed by atoms with E-state index in [2.05, 4.69) is 40.2 Å². The van der Waals surface area contributed by atoms with Gasteiger partial charge in [0.2, 0.25) is 0 Å². The molecule has 2 aromatic carbocycles. The number of H-pyrrole nitrogens is 1. The van der Waals surface area contributed by atoms with Gasteiger partial charge in [0, 0.05) is 23.7 Å². The number of hydrogen-bond acceptors (Lipinski definition) is 3. The summed E-state index contributed by atoms with van der Waals surface area (Å²) in [6.07, 6.45) is 2.35. The monoisotopic (exact) mass is 348 g/mol. The Hall–Kier alpha value is -2.59. The Morgan fingerprint density at radius 1 is 1.12 bits per heavy atom. The lowest BCUT2D eigenvalue weighted by Crippen LogP contribution is -2.32. The fourth-order valence-corrected chi connectivity index (χ4v) is 3.84. The quantitative estimate of drug-likeness (QED) is 0.714. The molecule has 0 bridgehead atoms. The highest BCUT2D eigenvalue weighted by Gasteiger charge is 2.22. The molecule has 2 heterocycles. The molecule has 4 nitrogen and oxygen atoms in total. The molecular formula is C22H24N2O2. The van der Waals surface area contributed by atoms with Crippen LogP contribution in [0.2, 0.25) is 0 Å². The summed E-state index contributed by atoms with van der Waals surface area (Å²) in [4.78, 5) is 17.6. The molecule has 1 aliphatic heterocycles. The van der Waals surface area contributed by atoms with Gasteiger partial charge < -0.3 is 9.72 Å². The number of piperidine rings is 1. The Morgan fingerprint density at radius 2 is 1.85 bits per heavy atom. The third kappa shape index (κ3) is 3.51. The minimum absolute atomic E-state index is 0.282. The van der Waals surface area contributed by atoms with Crippen LogP contribution >= 0.6 is 0 Å². The number of fused-ring (bicyclic) bond motifs is 1. The first kappa shape index (κ1) is 16.9. The maximum absolute atomic E-state index is 11.5. The van der Waals surface area contributed by atoms with E-state index in [9.17, 15) is 4.79 Å². The van der Waals surface area contributed by atoms with E-state index < -0.39 is 0 Å². The molecule has 0 saturated carbocycles. The summed E-state index contributed by atoms with van der Waals surface area (Å²) in [6.45, 7) is 3.12. The molecule has 0 spiro atoms. The number of para-hydroxylation sites is 1. The van der Waals surface area contributed by atoms with Crippen LogP contribution in [0.15, 0.2) is 54.6 Å². The number of hydrogen-bond donors (Lipinski definition) is 1.